The second-order valence-electron chi connectivity index (χ2n) is 4.20. The van der Waals surface area contributed by atoms with E-state index in [1.807, 2.05) is 30.3 Å². The van der Waals surface area contributed by atoms with E-state index < -0.39 is 5.82 Å². The van der Waals surface area contributed by atoms with Gasteiger partial charge in [0.1, 0.15) is 5.82 Å². The summed E-state index contributed by atoms with van der Waals surface area (Å²) in [4.78, 5) is 11.9. The van der Waals surface area contributed by atoms with Crippen LogP contribution in [0.1, 0.15) is 16.8 Å². The van der Waals surface area contributed by atoms with Crippen LogP contribution in [-0.4, -0.2) is 12.3 Å². The predicted molar refractivity (Wildman–Crippen MR) is 74.7 cm³/mol. The molecule has 0 spiro atoms. The quantitative estimate of drug-likeness (QED) is 0.640. The van der Waals surface area contributed by atoms with Gasteiger partial charge in [-0.25, -0.2) is 4.39 Å². The summed E-state index contributed by atoms with van der Waals surface area (Å²) in [6, 6.07) is 13.7. The van der Waals surface area contributed by atoms with Crippen LogP contribution in [0.2, 0.25) is 0 Å². The fraction of sp³-hybridized carbons (Fsp3) is 0.133. The molecular formula is C15H15FN2O. The molecule has 0 unspecified atom stereocenters. The van der Waals surface area contributed by atoms with Gasteiger partial charge < -0.3 is 11.1 Å². The third-order valence-electron chi connectivity index (χ3n) is 2.77. The van der Waals surface area contributed by atoms with Crippen molar-refractivity contribution in [1.29, 1.82) is 0 Å². The van der Waals surface area contributed by atoms with Gasteiger partial charge in [-0.15, -0.1) is 0 Å². The number of nitrogen functional groups attached to an aromatic ring is 1. The topological polar surface area (TPSA) is 55.1 Å². The minimum absolute atomic E-state index is 0.00173. The standard InChI is InChI=1S/C15H15FN2O/c16-13-7-6-11(10-14(13)17)15(19)8-9-18-12-4-2-1-3-5-12/h1-7,10,18H,8-9,17H2. The molecule has 2 aromatic carbocycles. The van der Waals surface area contributed by atoms with Gasteiger partial charge in [0.15, 0.2) is 5.78 Å². The summed E-state index contributed by atoms with van der Waals surface area (Å²) in [5.41, 5.74) is 6.84. The molecule has 0 fully saturated rings. The van der Waals surface area contributed by atoms with E-state index in [0.717, 1.165) is 5.69 Å². The molecule has 0 aliphatic carbocycles. The highest BCUT2D eigenvalue weighted by Gasteiger charge is 2.07. The normalized spacial score (nSPS) is 10.2. The second-order valence-corrected chi connectivity index (χ2v) is 4.20. The Morgan fingerprint density at radius 1 is 1.16 bits per heavy atom. The zero-order chi connectivity index (χ0) is 13.7. The van der Waals surface area contributed by atoms with Crippen molar-refractivity contribution < 1.29 is 9.18 Å². The first kappa shape index (κ1) is 13.1. The second kappa shape index (κ2) is 6.00. The van der Waals surface area contributed by atoms with Crippen molar-refractivity contribution in [3.63, 3.8) is 0 Å². The maximum absolute atomic E-state index is 13.0. The van der Waals surface area contributed by atoms with Crippen LogP contribution >= 0.6 is 0 Å². The van der Waals surface area contributed by atoms with Crippen molar-refractivity contribution in [2.24, 2.45) is 0 Å². The summed E-state index contributed by atoms with van der Waals surface area (Å²) in [6.07, 6.45) is 0.333. The van der Waals surface area contributed by atoms with Crippen molar-refractivity contribution in [1.82, 2.24) is 0 Å². The minimum atomic E-state index is -0.501. The summed E-state index contributed by atoms with van der Waals surface area (Å²) < 4.78 is 13.0. The average molecular weight is 258 g/mol. The molecule has 0 saturated carbocycles. The highest BCUT2D eigenvalue weighted by molar-refractivity contribution is 5.97. The Labute approximate surface area is 111 Å². The van der Waals surface area contributed by atoms with Gasteiger partial charge in [0, 0.05) is 24.2 Å². The zero-order valence-electron chi connectivity index (χ0n) is 10.4. The first-order valence-electron chi connectivity index (χ1n) is 6.04. The van der Waals surface area contributed by atoms with Crippen molar-refractivity contribution in [3.8, 4) is 0 Å². The number of Topliss-reactive ketones (excluding diaryl/α,β-unsaturated/α-hetero) is 1. The number of para-hydroxylation sites is 1. The lowest BCUT2D eigenvalue weighted by Crippen LogP contribution is -2.09. The highest BCUT2D eigenvalue weighted by Crippen LogP contribution is 2.14. The molecule has 0 amide bonds. The molecule has 3 N–H and O–H groups in total. The number of benzene rings is 2. The lowest BCUT2D eigenvalue weighted by atomic mass is 10.1. The van der Waals surface area contributed by atoms with E-state index in [4.69, 9.17) is 5.73 Å². The third kappa shape index (κ3) is 3.55. The first-order chi connectivity index (χ1) is 9.16. The maximum atomic E-state index is 13.0. The smallest absolute Gasteiger partial charge is 0.164 e. The SMILES string of the molecule is Nc1cc(C(=O)CCNc2ccccc2)ccc1F. The van der Waals surface area contributed by atoms with Gasteiger partial charge in [-0.2, -0.15) is 0 Å². The fourth-order valence-corrected chi connectivity index (χ4v) is 1.74. The largest absolute Gasteiger partial charge is 0.396 e. The van der Waals surface area contributed by atoms with E-state index in [1.54, 1.807) is 0 Å². The highest BCUT2D eigenvalue weighted by atomic mass is 19.1. The lowest BCUT2D eigenvalue weighted by Gasteiger charge is -2.06. The average Bonchev–Trinajstić information content (AvgIpc) is 2.43. The van der Waals surface area contributed by atoms with Gasteiger partial charge in [0.05, 0.1) is 5.69 Å². The number of anilines is 2. The number of rotatable bonds is 5. The number of hydrogen-bond acceptors (Lipinski definition) is 3. The molecule has 19 heavy (non-hydrogen) atoms. The Bertz CT molecular complexity index is 570. The molecule has 0 saturated heterocycles. The third-order valence-corrected chi connectivity index (χ3v) is 2.77. The number of ketones is 1. The van der Waals surface area contributed by atoms with Crippen molar-refractivity contribution in [2.45, 2.75) is 6.42 Å². The molecule has 0 bridgehead atoms. The molecule has 0 heterocycles. The first-order valence-corrected chi connectivity index (χ1v) is 6.04. The van der Waals surface area contributed by atoms with Crippen LogP contribution in [0.15, 0.2) is 48.5 Å². The molecule has 0 radical (unpaired) electrons. The van der Waals surface area contributed by atoms with E-state index in [0.29, 0.717) is 18.5 Å². The summed E-state index contributed by atoms with van der Waals surface area (Å²) in [6.45, 7) is 0.528. The molecule has 0 aromatic heterocycles. The Morgan fingerprint density at radius 3 is 2.58 bits per heavy atom. The van der Waals surface area contributed by atoms with Crippen LogP contribution < -0.4 is 11.1 Å². The van der Waals surface area contributed by atoms with E-state index in [-0.39, 0.29) is 11.5 Å². The number of carbonyl (C=O) groups is 1. The van der Waals surface area contributed by atoms with Crippen LogP contribution in [0.3, 0.4) is 0 Å². The summed E-state index contributed by atoms with van der Waals surface area (Å²) >= 11 is 0. The van der Waals surface area contributed by atoms with Crippen LogP contribution in [0.4, 0.5) is 15.8 Å². The summed E-state index contributed by atoms with van der Waals surface area (Å²) in [5, 5.41) is 3.15. The Balaban J connectivity index is 1.89. The van der Waals surface area contributed by atoms with Crippen molar-refractivity contribution in [2.75, 3.05) is 17.6 Å². The van der Waals surface area contributed by atoms with Crippen LogP contribution in [0.25, 0.3) is 0 Å². The van der Waals surface area contributed by atoms with Crippen LogP contribution in [-0.2, 0) is 0 Å². The monoisotopic (exact) mass is 258 g/mol. The van der Waals surface area contributed by atoms with Gasteiger partial charge in [0.25, 0.3) is 0 Å². The molecule has 3 nitrogen and oxygen atoms in total. The van der Waals surface area contributed by atoms with E-state index in [9.17, 15) is 9.18 Å². The predicted octanol–water partition coefficient (Wildman–Crippen LogP) is 3.09. The fourth-order valence-electron chi connectivity index (χ4n) is 1.74. The Morgan fingerprint density at radius 2 is 1.89 bits per heavy atom. The van der Waals surface area contributed by atoms with E-state index >= 15 is 0 Å². The molecule has 2 aromatic rings. The summed E-state index contributed by atoms with van der Waals surface area (Å²) in [5.74, 6) is -0.561. The molecule has 0 aliphatic rings. The molecule has 0 atom stereocenters. The molecule has 2 rings (SSSR count). The number of nitrogens with one attached hydrogen (secondary N) is 1. The lowest BCUT2D eigenvalue weighted by molar-refractivity contribution is 0.0986. The molecule has 0 aliphatic heterocycles. The summed E-state index contributed by atoms with van der Waals surface area (Å²) in [7, 11) is 0. The zero-order valence-corrected chi connectivity index (χ0v) is 10.4. The van der Waals surface area contributed by atoms with Gasteiger partial charge in [-0.05, 0) is 30.3 Å². The Kier molecular flexibility index (Phi) is 4.13. The maximum Gasteiger partial charge on any atom is 0.164 e. The van der Waals surface area contributed by atoms with Gasteiger partial charge in [-0.3, -0.25) is 4.79 Å². The molecule has 98 valence electrons. The van der Waals surface area contributed by atoms with Crippen molar-refractivity contribution >= 4 is 17.2 Å². The molecule has 4 heteroatoms. The number of carbonyl (C=O) groups excluding carboxylic acids is 1. The van der Waals surface area contributed by atoms with E-state index in [1.165, 1.54) is 18.2 Å². The van der Waals surface area contributed by atoms with Gasteiger partial charge in [-0.1, -0.05) is 18.2 Å². The van der Waals surface area contributed by atoms with Gasteiger partial charge in [0.2, 0.25) is 0 Å². The van der Waals surface area contributed by atoms with Crippen LogP contribution in [0, 0.1) is 5.82 Å². The Hall–Kier alpha value is -2.36. The molecular weight excluding hydrogens is 243 g/mol. The minimum Gasteiger partial charge on any atom is -0.396 e. The van der Waals surface area contributed by atoms with E-state index in [2.05, 4.69) is 5.32 Å². The number of hydrogen-bond donors (Lipinski definition) is 2. The van der Waals surface area contributed by atoms with Crippen molar-refractivity contribution in [3.05, 3.63) is 59.9 Å². The van der Waals surface area contributed by atoms with Crippen LogP contribution in [0.5, 0.6) is 0 Å². The number of nitrogens with two attached hydrogens (primary N) is 1. The number of halogens is 1. The van der Waals surface area contributed by atoms with Gasteiger partial charge >= 0.3 is 0 Å².